The van der Waals surface area contributed by atoms with Crippen LogP contribution < -0.4 is 10.3 Å². The number of aldehydes is 1. The Kier molecular flexibility index (Phi) is 4.50. The third-order valence-electron chi connectivity index (χ3n) is 5.11. The minimum atomic E-state index is -0.471. The van der Waals surface area contributed by atoms with E-state index in [1.165, 1.54) is 0 Å². The van der Waals surface area contributed by atoms with Crippen LogP contribution in [0.3, 0.4) is 0 Å². The largest absolute Gasteiger partial charge is 0.342 e. The molecule has 2 aliphatic heterocycles. The predicted octanol–water partition coefficient (Wildman–Crippen LogP) is 2.35. The quantitative estimate of drug-likeness (QED) is 0.764. The van der Waals surface area contributed by atoms with Crippen molar-refractivity contribution in [1.29, 1.82) is 0 Å². The minimum absolute atomic E-state index is 0.281. The highest BCUT2D eigenvalue weighted by Gasteiger charge is 2.38. The van der Waals surface area contributed by atoms with Crippen molar-refractivity contribution in [2.75, 3.05) is 18.0 Å². The highest BCUT2D eigenvalue weighted by Crippen LogP contribution is 2.34. The van der Waals surface area contributed by atoms with Crippen LogP contribution in [0.4, 0.5) is 5.69 Å². The third kappa shape index (κ3) is 3.42. The van der Waals surface area contributed by atoms with E-state index in [0.717, 1.165) is 61.1 Å². The molecule has 1 saturated carbocycles. The van der Waals surface area contributed by atoms with Crippen LogP contribution in [0, 0.1) is 11.8 Å². The molecule has 3 aliphatic rings. The van der Waals surface area contributed by atoms with Gasteiger partial charge < -0.3 is 4.90 Å². The number of anilines is 1. The van der Waals surface area contributed by atoms with Crippen molar-refractivity contribution < 1.29 is 9.59 Å². The Morgan fingerprint density at radius 3 is 2.72 bits per heavy atom. The number of nitrogens with one attached hydrogen (secondary N) is 1. The number of carbonyl (C=O) groups is 2. The zero-order valence-corrected chi connectivity index (χ0v) is 15.5. The van der Waals surface area contributed by atoms with Gasteiger partial charge in [0.2, 0.25) is 5.91 Å². The molecule has 1 unspecified atom stereocenters. The van der Waals surface area contributed by atoms with Crippen molar-refractivity contribution in [1.82, 2.24) is 10.3 Å². The van der Waals surface area contributed by atoms with E-state index in [-0.39, 0.29) is 5.92 Å². The molecule has 1 aromatic carbocycles. The second-order valence-electron chi connectivity index (χ2n) is 7.00. The van der Waals surface area contributed by atoms with E-state index < -0.39 is 6.17 Å². The molecule has 7 heteroatoms. The molecule has 4 rings (SSSR count). The average molecular weight is 405 g/mol. The van der Waals surface area contributed by atoms with Crippen LogP contribution in [0.25, 0.3) is 0 Å². The third-order valence-corrected chi connectivity index (χ3v) is 5.64. The molecule has 1 aromatic rings. The Morgan fingerprint density at radius 1 is 1.28 bits per heavy atom. The maximum absolute atomic E-state index is 12.2. The molecule has 2 atom stereocenters. The van der Waals surface area contributed by atoms with Gasteiger partial charge in [-0.25, -0.2) is 0 Å². The van der Waals surface area contributed by atoms with Gasteiger partial charge in [0.25, 0.3) is 0 Å². The highest BCUT2D eigenvalue weighted by atomic mass is 79.9. The number of rotatable bonds is 5. The monoisotopic (exact) mass is 404 g/mol. The Labute approximate surface area is 155 Å². The van der Waals surface area contributed by atoms with Gasteiger partial charge in [0, 0.05) is 35.6 Å². The van der Waals surface area contributed by atoms with Crippen molar-refractivity contribution in [3.63, 3.8) is 0 Å². The summed E-state index contributed by atoms with van der Waals surface area (Å²) in [6.45, 7) is 1.64. The van der Waals surface area contributed by atoms with Crippen molar-refractivity contribution in [3.8, 4) is 0 Å². The highest BCUT2D eigenvalue weighted by molar-refractivity contribution is 9.10. The molecule has 2 heterocycles. The number of hydrazone groups is 1. The smallest absolute Gasteiger partial charge is 0.225 e. The summed E-state index contributed by atoms with van der Waals surface area (Å²) in [5.74, 6) is 1.87. The molecule has 1 aliphatic carbocycles. The molecule has 2 fully saturated rings. The van der Waals surface area contributed by atoms with Crippen LogP contribution >= 0.6 is 15.9 Å². The topological polar surface area (TPSA) is 65.0 Å². The van der Waals surface area contributed by atoms with Crippen LogP contribution in [0.15, 0.2) is 33.8 Å². The lowest BCUT2D eigenvalue weighted by molar-refractivity contribution is -0.131. The van der Waals surface area contributed by atoms with Crippen LogP contribution in [-0.4, -0.2) is 42.2 Å². The normalized spacial score (nSPS) is 25.7. The number of benzene rings is 1. The molecule has 1 saturated heterocycles. The first-order valence-corrected chi connectivity index (χ1v) is 9.56. The predicted molar refractivity (Wildman–Crippen MR) is 99.1 cm³/mol. The van der Waals surface area contributed by atoms with Gasteiger partial charge in [-0.15, -0.1) is 0 Å². The van der Waals surface area contributed by atoms with E-state index in [0.29, 0.717) is 11.8 Å². The van der Waals surface area contributed by atoms with Gasteiger partial charge in [-0.1, -0.05) is 15.9 Å². The Morgan fingerprint density at radius 2 is 2.04 bits per heavy atom. The molecule has 0 spiro atoms. The maximum Gasteiger partial charge on any atom is 0.225 e. The Hall–Kier alpha value is -1.89. The van der Waals surface area contributed by atoms with E-state index in [2.05, 4.69) is 26.5 Å². The van der Waals surface area contributed by atoms with Crippen LogP contribution in [0.5, 0.6) is 0 Å². The number of hydrogen-bond acceptors (Lipinski definition) is 5. The van der Waals surface area contributed by atoms with E-state index in [9.17, 15) is 9.59 Å². The van der Waals surface area contributed by atoms with Gasteiger partial charge in [-0.05, 0) is 49.4 Å². The maximum atomic E-state index is 12.2. The van der Waals surface area contributed by atoms with E-state index in [4.69, 9.17) is 0 Å². The van der Waals surface area contributed by atoms with Crippen LogP contribution in [0.1, 0.15) is 25.7 Å². The summed E-state index contributed by atoms with van der Waals surface area (Å²) in [5.41, 5.74) is 3.85. The standard InChI is InChI=1S/C18H21BrN4O2/c19-14-3-5-15(6-4-14)23-16(20-21-17(23)11-24)9-12-7-8-22(10-12)18(25)13-1-2-13/h3-6,11-13,17,21H,1-2,7-10H2/t12-,17?/m0/s1. The number of halogens is 1. The van der Waals surface area contributed by atoms with E-state index in [1.54, 1.807) is 0 Å². The SMILES string of the molecule is O=CC1NN=C(C[C@@H]2CCN(C(=O)C3CC3)C2)N1c1ccc(Br)cc1. The van der Waals surface area contributed by atoms with Crippen molar-refractivity contribution in [3.05, 3.63) is 28.7 Å². The first-order valence-electron chi connectivity index (χ1n) is 8.76. The second-order valence-corrected chi connectivity index (χ2v) is 7.92. The fourth-order valence-corrected chi connectivity index (χ4v) is 3.87. The lowest BCUT2D eigenvalue weighted by Crippen LogP contribution is -2.42. The summed E-state index contributed by atoms with van der Waals surface area (Å²) in [5, 5.41) is 4.40. The molecule has 132 valence electrons. The summed E-state index contributed by atoms with van der Waals surface area (Å²) in [6.07, 6.45) is 4.26. The van der Waals surface area contributed by atoms with Gasteiger partial charge in [0.15, 0.2) is 12.5 Å². The van der Waals surface area contributed by atoms with Gasteiger partial charge in [0.1, 0.15) is 5.84 Å². The average Bonchev–Trinajstić information content (AvgIpc) is 3.24. The van der Waals surface area contributed by atoms with Crippen LogP contribution in [-0.2, 0) is 9.59 Å². The first-order chi connectivity index (χ1) is 12.2. The zero-order valence-electron chi connectivity index (χ0n) is 13.9. The number of amidine groups is 1. The van der Waals surface area contributed by atoms with Gasteiger partial charge in [0.05, 0.1) is 0 Å². The number of nitrogens with zero attached hydrogens (tertiary/aromatic N) is 3. The molecule has 6 nitrogen and oxygen atoms in total. The fraction of sp³-hybridized carbons (Fsp3) is 0.500. The van der Waals surface area contributed by atoms with Crippen molar-refractivity contribution in [2.24, 2.45) is 16.9 Å². The molecule has 0 radical (unpaired) electrons. The summed E-state index contributed by atoms with van der Waals surface area (Å²) in [7, 11) is 0. The lowest BCUT2D eigenvalue weighted by Gasteiger charge is -2.25. The van der Waals surface area contributed by atoms with Crippen LogP contribution in [0.2, 0.25) is 0 Å². The zero-order chi connectivity index (χ0) is 17.4. The Balaban J connectivity index is 1.44. The second kappa shape index (κ2) is 6.78. The molecule has 0 aromatic heterocycles. The fourth-order valence-electron chi connectivity index (χ4n) is 3.61. The van der Waals surface area contributed by atoms with E-state index >= 15 is 0 Å². The Bertz CT molecular complexity index is 702. The number of hydrogen-bond donors (Lipinski definition) is 1. The molecular weight excluding hydrogens is 384 g/mol. The van der Waals surface area contributed by atoms with E-state index in [1.807, 2.05) is 34.1 Å². The number of amides is 1. The lowest BCUT2D eigenvalue weighted by atomic mass is 10.0. The minimum Gasteiger partial charge on any atom is -0.342 e. The summed E-state index contributed by atoms with van der Waals surface area (Å²) < 4.78 is 0.995. The number of carbonyl (C=O) groups excluding carboxylic acids is 2. The molecular formula is C18H21BrN4O2. The molecule has 1 amide bonds. The summed E-state index contributed by atoms with van der Waals surface area (Å²) >= 11 is 3.44. The molecule has 1 N–H and O–H groups in total. The van der Waals surface area contributed by atoms with Gasteiger partial charge in [-0.3, -0.25) is 19.9 Å². The number of likely N-dealkylation sites (tertiary alicyclic amines) is 1. The first kappa shape index (κ1) is 16.6. The molecule has 25 heavy (non-hydrogen) atoms. The van der Waals surface area contributed by atoms with Crippen molar-refractivity contribution >= 4 is 39.6 Å². The molecule has 0 bridgehead atoms. The summed E-state index contributed by atoms with van der Waals surface area (Å²) in [6, 6.07) is 7.86. The summed E-state index contributed by atoms with van der Waals surface area (Å²) in [4.78, 5) is 27.6. The van der Waals surface area contributed by atoms with Gasteiger partial charge >= 0.3 is 0 Å². The van der Waals surface area contributed by atoms with Crippen molar-refractivity contribution in [2.45, 2.75) is 31.8 Å². The van der Waals surface area contributed by atoms with Gasteiger partial charge in [-0.2, -0.15) is 5.10 Å².